The fraction of sp³-hybridized carbons (Fsp3) is 0.348. The lowest BCUT2D eigenvalue weighted by molar-refractivity contribution is -0.116. The Morgan fingerprint density at radius 2 is 1.62 bits per heavy atom. The summed E-state index contributed by atoms with van der Waals surface area (Å²) >= 11 is 0. The minimum absolute atomic E-state index is 0.0335. The molecule has 0 radical (unpaired) electrons. The van der Waals surface area contributed by atoms with Gasteiger partial charge in [-0.3, -0.25) is 9.59 Å². The van der Waals surface area contributed by atoms with E-state index in [9.17, 15) is 9.59 Å². The van der Waals surface area contributed by atoms with Crippen molar-refractivity contribution in [2.24, 2.45) is 11.0 Å². The van der Waals surface area contributed by atoms with Crippen molar-refractivity contribution in [1.29, 1.82) is 0 Å². The molecule has 0 unspecified atom stereocenters. The van der Waals surface area contributed by atoms with Crippen molar-refractivity contribution in [3.8, 4) is 0 Å². The maximum absolute atomic E-state index is 12.2. The largest absolute Gasteiger partial charge is 0.372 e. The van der Waals surface area contributed by atoms with Crippen molar-refractivity contribution in [3.63, 3.8) is 0 Å². The van der Waals surface area contributed by atoms with Gasteiger partial charge in [0.2, 0.25) is 5.91 Å². The topological polar surface area (TPSA) is 73.8 Å². The van der Waals surface area contributed by atoms with Gasteiger partial charge in [-0.2, -0.15) is 5.10 Å². The normalized spacial score (nSPS) is 10.9. The van der Waals surface area contributed by atoms with Crippen molar-refractivity contribution >= 4 is 29.4 Å². The van der Waals surface area contributed by atoms with Gasteiger partial charge in [-0.05, 0) is 61.7 Å². The van der Waals surface area contributed by atoms with Gasteiger partial charge in [-0.1, -0.05) is 26.0 Å². The number of carbonyl (C=O) groups is 2. The van der Waals surface area contributed by atoms with Gasteiger partial charge in [0.05, 0.1) is 6.21 Å². The highest BCUT2D eigenvalue weighted by Crippen LogP contribution is 2.14. The molecule has 6 heteroatoms. The van der Waals surface area contributed by atoms with Crippen LogP contribution in [0.25, 0.3) is 0 Å². The van der Waals surface area contributed by atoms with Crippen LogP contribution in [0.2, 0.25) is 0 Å². The van der Waals surface area contributed by atoms with Crippen molar-refractivity contribution in [3.05, 3.63) is 59.7 Å². The summed E-state index contributed by atoms with van der Waals surface area (Å²) in [5.74, 6) is -0.0405. The van der Waals surface area contributed by atoms with Crippen LogP contribution in [0.4, 0.5) is 11.4 Å². The third-order valence-corrected chi connectivity index (χ3v) is 4.43. The zero-order chi connectivity index (χ0) is 21.2. The number of hydrogen-bond donors (Lipinski definition) is 2. The zero-order valence-electron chi connectivity index (χ0n) is 17.6. The van der Waals surface area contributed by atoms with Gasteiger partial charge in [0.25, 0.3) is 5.91 Å². The number of anilines is 2. The summed E-state index contributed by atoms with van der Waals surface area (Å²) in [5.41, 5.74) is 5.74. The third kappa shape index (κ3) is 7.07. The first-order valence-electron chi connectivity index (χ1n) is 10.0. The van der Waals surface area contributed by atoms with Gasteiger partial charge in [0.1, 0.15) is 0 Å². The van der Waals surface area contributed by atoms with Crippen LogP contribution in [0, 0.1) is 5.92 Å². The van der Waals surface area contributed by atoms with Gasteiger partial charge >= 0.3 is 0 Å². The molecule has 2 amide bonds. The molecule has 0 saturated heterocycles. The Bertz CT molecular complexity index is 823. The molecular weight excluding hydrogens is 364 g/mol. The minimum atomic E-state index is -0.305. The number of nitrogens with one attached hydrogen (secondary N) is 2. The van der Waals surface area contributed by atoms with Crippen molar-refractivity contribution in [2.45, 2.75) is 34.1 Å². The lowest BCUT2D eigenvalue weighted by Gasteiger charge is -2.20. The van der Waals surface area contributed by atoms with Crippen LogP contribution in [0.15, 0.2) is 53.6 Å². The third-order valence-electron chi connectivity index (χ3n) is 4.43. The second-order valence-corrected chi connectivity index (χ2v) is 7.19. The smallest absolute Gasteiger partial charge is 0.271 e. The number of amides is 2. The van der Waals surface area contributed by atoms with E-state index in [0.717, 1.165) is 24.3 Å². The summed E-state index contributed by atoms with van der Waals surface area (Å²) < 4.78 is 0. The van der Waals surface area contributed by atoms with Crippen molar-refractivity contribution in [2.75, 3.05) is 23.3 Å². The van der Waals surface area contributed by atoms with E-state index < -0.39 is 0 Å². The van der Waals surface area contributed by atoms with Crippen LogP contribution in [0.5, 0.6) is 0 Å². The van der Waals surface area contributed by atoms with E-state index in [0.29, 0.717) is 23.6 Å². The van der Waals surface area contributed by atoms with E-state index in [1.54, 1.807) is 30.5 Å². The Morgan fingerprint density at radius 1 is 1.00 bits per heavy atom. The first kappa shape index (κ1) is 22.1. The Kier molecular flexibility index (Phi) is 8.40. The van der Waals surface area contributed by atoms with E-state index in [4.69, 9.17) is 0 Å². The van der Waals surface area contributed by atoms with E-state index >= 15 is 0 Å². The Balaban J connectivity index is 1.89. The van der Waals surface area contributed by atoms with E-state index in [1.807, 2.05) is 38.1 Å². The van der Waals surface area contributed by atoms with Crippen LogP contribution < -0.4 is 15.6 Å². The van der Waals surface area contributed by atoms with Crippen LogP contribution in [0.1, 0.15) is 50.0 Å². The maximum Gasteiger partial charge on any atom is 0.271 e. The average molecular weight is 395 g/mol. The first-order chi connectivity index (χ1) is 13.9. The molecule has 0 aliphatic carbocycles. The fourth-order valence-electron chi connectivity index (χ4n) is 2.88. The van der Waals surface area contributed by atoms with Crippen molar-refractivity contribution in [1.82, 2.24) is 5.43 Å². The monoisotopic (exact) mass is 394 g/mol. The van der Waals surface area contributed by atoms with Gasteiger partial charge in [-0.25, -0.2) is 5.43 Å². The average Bonchev–Trinajstić information content (AvgIpc) is 2.70. The molecule has 0 bridgehead atoms. The Hall–Kier alpha value is -3.15. The summed E-state index contributed by atoms with van der Waals surface area (Å²) in [7, 11) is 0. The van der Waals surface area contributed by atoms with Crippen LogP contribution in [0.3, 0.4) is 0 Å². The van der Waals surface area contributed by atoms with Gasteiger partial charge in [0.15, 0.2) is 0 Å². The summed E-state index contributed by atoms with van der Waals surface area (Å²) in [4.78, 5) is 26.3. The highest BCUT2D eigenvalue weighted by molar-refractivity contribution is 5.96. The predicted molar refractivity (Wildman–Crippen MR) is 120 cm³/mol. The van der Waals surface area contributed by atoms with E-state index in [-0.39, 0.29) is 11.8 Å². The molecule has 0 atom stereocenters. The molecule has 0 aliphatic heterocycles. The lowest BCUT2D eigenvalue weighted by Crippen LogP contribution is -2.21. The first-order valence-corrected chi connectivity index (χ1v) is 10.0. The predicted octanol–water partition coefficient (Wildman–Crippen LogP) is 4.28. The summed E-state index contributed by atoms with van der Waals surface area (Å²) in [5, 5.41) is 6.85. The second kappa shape index (κ2) is 11.0. The SMILES string of the molecule is CCN(CC)c1ccc(C=NNC(=O)c2ccc(NC(=O)CC(C)C)cc2)cc1. The minimum Gasteiger partial charge on any atom is -0.372 e. The molecule has 6 nitrogen and oxygen atoms in total. The number of carbonyl (C=O) groups excluding carboxylic acids is 2. The standard InChI is InChI=1S/C23H30N4O2/c1-5-27(6-2)21-13-7-18(8-14-21)16-24-26-23(29)19-9-11-20(12-10-19)25-22(28)15-17(3)4/h7-14,16-17H,5-6,15H2,1-4H3,(H,25,28)(H,26,29). The summed E-state index contributed by atoms with van der Waals surface area (Å²) in [6, 6.07) is 14.8. The van der Waals surface area contributed by atoms with Gasteiger partial charge in [-0.15, -0.1) is 0 Å². The van der Waals surface area contributed by atoms with Gasteiger partial charge < -0.3 is 10.2 Å². The maximum atomic E-state index is 12.2. The number of rotatable bonds is 9. The molecule has 0 heterocycles. The Morgan fingerprint density at radius 3 is 2.17 bits per heavy atom. The Labute approximate surface area is 173 Å². The number of hydrogen-bond acceptors (Lipinski definition) is 4. The summed E-state index contributed by atoms with van der Waals surface area (Å²) in [6.45, 7) is 10.2. The van der Waals surface area contributed by atoms with Crippen LogP contribution in [-0.4, -0.2) is 31.1 Å². The van der Waals surface area contributed by atoms with E-state index in [1.165, 1.54) is 0 Å². The molecule has 0 spiro atoms. The van der Waals surface area contributed by atoms with Crippen LogP contribution in [-0.2, 0) is 4.79 Å². The van der Waals surface area contributed by atoms with E-state index in [2.05, 4.69) is 34.6 Å². The molecule has 0 aromatic heterocycles. The lowest BCUT2D eigenvalue weighted by atomic mass is 10.1. The number of nitrogens with zero attached hydrogens (tertiary/aromatic N) is 2. The van der Waals surface area contributed by atoms with Gasteiger partial charge in [0, 0.05) is 36.4 Å². The quantitative estimate of drug-likeness (QED) is 0.492. The highest BCUT2D eigenvalue weighted by atomic mass is 16.2. The molecule has 2 rings (SSSR count). The second-order valence-electron chi connectivity index (χ2n) is 7.19. The molecule has 0 aliphatic rings. The molecule has 0 fully saturated rings. The number of benzene rings is 2. The molecule has 154 valence electrons. The molecule has 2 aromatic carbocycles. The molecule has 2 aromatic rings. The fourth-order valence-corrected chi connectivity index (χ4v) is 2.88. The molecule has 0 saturated carbocycles. The molecular formula is C23H30N4O2. The summed E-state index contributed by atoms with van der Waals surface area (Å²) in [6.07, 6.45) is 2.08. The molecule has 29 heavy (non-hydrogen) atoms. The number of hydrazone groups is 1. The zero-order valence-corrected chi connectivity index (χ0v) is 17.6. The molecule has 2 N–H and O–H groups in total. The highest BCUT2D eigenvalue weighted by Gasteiger charge is 2.07. The van der Waals surface area contributed by atoms with Crippen LogP contribution >= 0.6 is 0 Å². The van der Waals surface area contributed by atoms with Crippen molar-refractivity contribution < 1.29 is 9.59 Å².